The summed E-state index contributed by atoms with van der Waals surface area (Å²) in [5.74, 6) is 0. The van der Waals surface area contributed by atoms with Crippen LogP contribution in [-0.4, -0.2) is 4.92 Å². The van der Waals surface area contributed by atoms with E-state index in [1.54, 1.807) is 24.3 Å². The van der Waals surface area contributed by atoms with Gasteiger partial charge >= 0.3 is 0 Å². The Morgan fingerprint density at radius 3 is 2.33 bits per heavy atom. The van der Waals surface area contributed by atoms with E-state index in [0.717, 1.165) is 5.56 Å². The van der Waals surface area contributed by atoms with Crippen LogP contribution in [0.1, 0.15) is 18.1 Å². The van der Waals surface area contributed by atoms with Crippen molar-refractivity contribution in [3.05, 3.63) is 94.6 Å². The highest BCUT2D eigenvalue weighted by atomic mass is 16.6. The van der Waals surface area contributed by atoms with Gasteiger partial charge in [-0.05, 0) is 12.5 Å². The molecule has 0 unspecified atom stereocenters. The van der Waals surface area contributed by atoms with Crippen molar-refractivity contribution in [1.82, 2.24) is 0 Å². The van der Waals surface area contributed by atoms with Crippen LogP contribution in [0.4, 0.5) is 5.69 Å². The van der Waals surface area contributed by atoms with E-state index in [4.69, 9.17) is 0 Å². The number of allylic oxidation sites excluding steroid dienone is 2. The Balaban J connectivity index is 2.45. The summed E-state index contributed by atoms with van der Waals surface area (Å²) in [5.41, 5.74) is 1.19. The van der Waals surface area contributed by atoms with Crippen molar-refractivity contribution in [2.45, 2.75) is 12.3 Å². The van der Waals surface area contributed by atoms with Crippen molar-refractivity contribution in [2.75, 3.05) is 0 Å². The molecule has 0 N–H and O–H groups in total. The van der Waals surface area contributed by atoms with Crippen LogP contribution in [0.2, 0.25) is 0 Å². The number of hydrogen-bond donors (Lipinski definition) is 0. The molecule has 0 saturated heterocycles. The van der Waals surface area contributed by atoms with E-state index in [1.165, 1.54) is 6.07 Å². The monoisotopic (exact) mass is 279 g/mol. The van der Waals surface area contributed by atoms with Gasteiger partial charge < -0.3 is 0 Å². The summed E-state index contributed by atoms with van der Waals surface area (Å²) in [5, 5.41) is 11.2. The molecule has 0 aliphatic carbocycles. The number of rotatable bonds is 5. The SMILES string of the molecule is C=C[C@](C)(/C=C/c1ccccc1)c1ccccc1[N+](=O)[O-]. The van der Waals surface area contributed by atoms with Gasteiger partial charge in [-0.3, -0.25) is 10.1 Å². The van der Waals surface area contributed by atoms with Gasteiger partial charge in [-0.2, -0.15) is 0 Å². The number of hydrogen-bond acceptors (Lipinski definition) is 2. The van der Waals surface area contributed by atoms with Gasteiger partial charge in [0.1, 0.15) is 0 Å². The largest absolute Gasteiger partial charge is 0.273 e. The van der Waals surface area contributed by atoms with E-state index in [2.05, 4.69) is 6.58 Å². The zero-order valence-corrected chi connectivity index (χ0v) is 11.9. The summed E-state index contributed by atoms with van der Waals surface area (Å²) in [6, 6.07) is 16.6. The van der Waals surface area contributed by atoms with Gasteiger partial charge in [-0.25, -0.2) is 0 Å². The lowest BCUT2D eigenvalue weighted by Crippen LogP contribution is -2.17. The number of benzene rings is 2. The standard InChI is InChI=1S/C18H17NO2/c1-3-18(2,14-13-15-9-5-4-6-10-15)16-11-7-8-12-17(16)19(20)21/h3-14H,1H2,2H3/b14-13+/t18-/m1/s1. The second-order valence-corrected chi connectivity index (χ2v) is 5.01. The van der Waals surface area contributed by atoms with Crippen LogP contribution in [0.3, 0.4) is 0 Å². The van der Waals surface area contributed by atoms with E-state index in [9.17, 15) is 10.1 Å². The number of para-hydroxylation sites is 1. The Kier molecular flexibility index (Phi) is 4.33. The molecule has 0 radical (unpaired) electrons. The first-order valence-corrected chi connectivity index (χ1v) is 6.68. The highest BCUT2D eigenvalue weighted by Gasteiger charge is 2.27. The van der Waals surface area contributed by atoms with Crippen molar-refractivity contribution >= 4 is 11.8 Å². The smallest absolute Gasteiger partial charge is 0.258 e. The maximum atomic E-state index is 11.2. The van der Waals surface area contributed by atoms with E-state index in [0.29, 0.717) is 5.56 Å². The molecular formula is C18H17NO2. The molecule has 0 saturated carbocycles. The Bertz CT molecular complexity index is 677. The predicted molar refractivity (Wildman–Crippen MR) is 86.1 cm³/mol. The minimum atomic E-state index is -0.598. The second kappa shape index (κ2) is 6.18. The first-order valence-electron chi connectivity index (χ1n) is 6.68. The molecule has 0 aromatic heterocycles. The lowest BCUT2D eigenvalue weighted by atomic mass is 9.81. The molecule has 0 spiro atoms. The van der Waals surface area contributed by atoms with Gasteiger partial charge in [0.05, 0.1) is 4.92 Å². The lowest BCUT2D eigenvalue weighted by molar-refractivity contribution is -0.385. The second-order valence-electron chi connectivity index (χ2n) is 5.01. The highest BCUT2D eigenvalue weighted by molar-refractivity contribution is 5.57. The number of nitrogens with zero attached hydrogens (tertiary/aromatic N) is 1. The molecule has 106 valence electrons. The van der Waals surface area contributed by atoms with E-state index >= 15 is 0 Å². The van der Waals surface area contributed by atoms with Crippen molar-refractivity contribution < 1.29 is 4.92 Å². The van der Waals surface area contributed by atoms with Crippen LogP contribution in [0, 0.1) is 10.1 Å². The van der Waals surface area contributed by atoms with Crippen molar-refractivity contribution in [1.29, 1.82) is 0 Å². The van der Waals surface area contributed by atoms with E-state index < -0.39 is 5.41 Å². The topological polar surface area (TPSA) is 43.1 Å². The van der Waals surface area contributed by atoms with Gasteiger partial charge in [0.2, 0.25) is 0 Å². The number of nitro groups is 1. The van der Waals surface area contributed by atoms with Crippen LogP contribution in [0.25, 0.3) is 6.08 Å². The molecule has 2 aromatic rings. The van der Waals surface area contributed by atoms with Gasteiger partial charge in [-0.1, -0.05) is 66.8 Å². The fourth-order valence-corrected chi connectivity index (χ4v) is 2.19. The average molecular weight is 279 g/mol. The van der Waals surface area contributed by atoms with Crippen molar-refractivity contribution in [3.8, 4) is 0 Å². The van der Waals surface area contributed by atoms with Crippen LogP contribution >= 0.6 is 0 Å². The summed E-state index contributed by atoms with van der Waals surface area (Å²) >= 11 is 0. The van der Waals surface area contributed by atoms with Crippen molar-refractivity contribution in [3.63, 3.8) is 0 Å². The third-order valence-electron chi connectivity index (χ3n) is 3.53. The van der Waals surface area contributed by atoms with Crippen molar-refractivity contribution in [2.24, 2.45) is 0 Å². The maximum absolute atomic E-state index is 11.2. The van der Waals surface area contributed by atoms with Gasteiger partial charge in [-0.15, -0.1) is 6.58 Å². The fraction of sp³-hybridized carbons (Fsp3) is 0.111. The van der Waals surface area contributed by atoms with E-state index in [1.807, 2.05) is 49.4 Å². The summed E-state index contributed by atoms with van der Waals surface area (Å²) in [7, 11) is 0. The Morgan fingerprint density at radius 1 is 1.10 bits per heavy atom. The normalized spacial score (nSPS) is 13.8. The van der Waals surface area contributed by atoms with Crippen LogP contribution < -0.4 is 0 Å². The summed E-state index contributed by atoms with van der Waals surface area (Å²) in [6.45, 7) is 5.77. The summed E-state index contributed by atoms with van der Waals surface area (Å²) in [4.78, 5) is 10.9. The van der Waals surface area contributed by atoms with Gasteiger partial charge in [0.15, 0.2) is 0 Å². The van der Waals surface area contributed by atoms with Crippen LogP contribution in [0.15, 0.2) is 73.3 Å². The molecule has 0 bridgehead atoms. The molecule has 1 atom stereocenters. The third-order valence-corrected chi connectivity index (χ3v) is 3.53. The quantitative estimate of drug-likeness (QED) is 0.450. The lowest BCUT2D eigenvalue weighted by Gasteiger charge is -2.22. The van der Waals surface area contributed by atoms with Gasteiger partial charge in [0.25, 0.3) is 5.69 Å². The summed E-state index contributed by atoms with van der Waals surface area (Å²) < 4.78 is 0. The Hall–Kier alpha value is -2.68. The molecule has 0 fully saturated rings. The minimum absolute atomic E-state index is 0.109. The van der Waals surface area contributed by atoms with E-state index in [-0.39, 0.29) is 10.6 Å². The zero-order chi connectivity index (χ0) is 15.3. The first kappa shape index (κ1) is 14.7. The summed E-state index contributed by atoms with van der Waals surface area (Å²) in [6.07, 6.45) is 5.63. The van der Waals surface area contributed by atoms with Crippen LogP contribution in [-0.2, 0) is 5.41 Å². The molecule has 0 aliphatic heterocycles. The molecule has 2 aromatic carbocycles. The third kappa shape index (κ3) is 3.26. The molecule has 21 heavy (non-hydrogen) atoms. The maximum Gasteiger partial charge on any atom is 0.273 e. The molecule has 3 heteroatoms. The molecule has 0 amide bonds. The molecule has 3 nitrogen and oxygen atoms in total. The molecule has 2 rings (SSSR count). The Morgan fingerprint density at radius 2 is 1.71 bits per heavy atom. The molecule has 0 aliphatic rings. The minimum Gasteiger partial charge on any atom is -0.258 e. The molecule has 0 heterocycles. The molecular weight excluding hydrogens is 262 g/mol. The Labute approximate surface area is 124 Å². The van der Waals surface area contributed by atoms with Gasteiger partial charge in [0, 0.05) is 17.0 Å². The number of nitro benzene ring substituents is 1. The highest BCUT2D eigenvalue weighted by Crippen LogP contribution is 2.34. The first-order chi connectivity index (χ1) is 10.1. The fourth-order valence-electron chi connectivity index (χ4n) is 2.19. The predicted octanol–water partition coefficient (Wildman–Crippen LogP) is 4.75. The average Bonchev–Trinajstić information content (AvgIpc) is 2.53. The zero-order valence-electron chi connectivity index (χ0n) is 11.9. The van der Waals surface area contributed by atoms with Crippen LogP contribution in [0.5, 0.6) is 0 Å².